The zero-order chi connectivity index (χ0) is 16.3. The number of halogens is 3. The number of alkyl halides is 3. The topological polar surface area (TPSA) is 38.3 Å². The van der Waals surface area contributed by atoms with Crippen LogP contribution in [0.3, 0.4) is 0 Å². The van der Waals surface area contributed by atoms with E-state index in [1.165, 1.54) is 12.1 Å². The minimum atomic E-state index is -4.33. The lowest BCUT2D eigenvalue weighted by atomic mass is 9.89. The molecule has 0 spiro atoms. The summed E-state index contributed by atoms with van der Waals surface area (Å²) in [5.41, 5.74) is -0.471. The van der Waals surface area contributed by atoms with Crippen LogP contribution in [0.25, 0.3) is 0 Å². The van der Waals surface area contributed by atoms with Crippen molar-refractivity contribution in [3.8, 4) is 0 Å². The van der Waals surface area contributed by atoms with Crippen molar-refractivity contribution in [2.75, 3.05) is 13.2 Å². The van der Waals surface area contributed by atoms with Crippen LogP contribution in [0.15, 0.2) is 24.3 Å². The molecule has 23 heavy (non-hydrogen) atoms. The van der Waals surface area contributed by atoms with Crippen LogP contribution < -0.4 is 5.32 Å². The number of rotatable bonds is 4. The zero-order valence-electron chi connectivity index (χ0n) is 12.6. The van der Waals surface area contributed by atoms with Crippen LogP contribution in [-0.4, -0.2) is 24.7 Å². The second kappa shape index (κ2) is 4.72. The van der Waals surface area contributed by atoms with Crippen LogP contribution in [0.5, 0.6) is 0 Å². The molecule has 1 unspecified atom stereocenters. The van der Waals surface area contributed by atoms with Gasteiger partial charge in [0.2, 0.25) is 5.91 Å². The number of carbonyl (C=O) groups excluding carboxylic acids is 1. The molecule has 3 nitrogen and oxygen atoms in total. The highest BCUT2D eigenvalue weighted by atomic mass is 19.4. The molecule has 0 radical (unpaired) electrons. The van der Waals surface area contributed by atoms with E-state index in [2.05, 4.69) is 5.32 Å². The average molecular weight is 325 g/mol. The fourth-order valence-electron chi connectivity index (χ4n) is 3.53. The van der Waals surface area contributed by atoms with Crippen LogP contribution in [-0.2, 0) is 22.1 Å². The third-order valence-corrected chi connectivity index (χ3v) is 5.44. The molecule has 1 aliphatic heterocycles. The number of hydrogen-bond acceptors (Lipinski definition) is 2. The predicted molar refractivity (Wildman–Crippen MR) is 76.6 cm³/mol. The van der Waals surface area contributed by atoms with Gasteiger partial charge in [-0.3, -0.25) is 4.79 Å². The highest BCUT2D eigenvalue weighted by Gasteiger charge is 2.74. The van der Waals surface area contributed by atoms with Gasteiger partial charge in [0.05, 0.1) is 23.1 Å². The molecule has 1 aromatic rings. The van der Waals surface area contributed by atoms with Gasteiger partial charge in [0.15, 0.2) is 0 Å². The van der Waals surface area contributed by atoms with Gasteiger partial charge in [0.1, 0.15) is 0 Å². The Morgan fingerprint density at radius 2 is 1.91 bits per heavy atom. The summed E-state index contributed by atoms with van der Waals surface area (Å²) in [6.07, 6.45) is -1.17. The molecular formula is C17H18F3NO2. The first-order chi connectivity index (χ1) is 10.8. The Labute approximate surface area is 132 Å². The van der Waals surface area contributed by atoms with Gasteiger partial charge in [-0.15, -0.1) is 0 Å². The second-order valence-electron chi connectivity index (χ2n) is 7.17. The van der Waals surface area contributed by atoms with Gasteiger partial charge < -0.3 is 10.1 Å². The first kappa shape index (κ1) is 15.0. The molecule has 0 bridgehead atoms. The Morgan fingerprint density at radius 3 is 2.39 bits per heavy atom. The van der Waals surface area contributed by atoms with Crippen LogP contribution in [0.2, 0.25) is 0 Å². The first-order valence-corrected chi connectivity index (χ1v) is 7.90. The molecule has 6 heteroatoms. The van der Waals surface area contributed by atoms with Crippen molar-refractivity contribution in [3.63, 3.8) is 0 Å². The van der Waals surface area contributed by atoms with Gasteiger partial charge in [-0.1, -0.05) is 12.1 Å². The molecule has 2 aliphatic carbocycles. The summed E-state index contributed by atoms with van der Waals surface area (Å²) in [6.45, 7) is 0.984. The van der Waals surface area contributed by atoms with Crippen LogP contribution >= 0.6 is 0 Å². The van der Waals surface area contributed by atoms with Gasteiger partial charge in [-0.05, 0) is 49.3 Å². The van der Waals surface area contributed by atoms with Gasteiger partial charge in [0, 0.05) is 6.61 Å². The monoisotopic (exact) mass is 325 g/mol. The number of fused-ring (bicyclic) bond motifs is 1. The van der Waals surface area contributed by atoms with Gasteiger partial charge in [-0.2, -0.15) is 13.2 Å². The molecule has 3 aliphatic rings. The maximum absolute atomic E-state index is 12.6. The fourth-order valence-corrected chi connectivity index (χ4v) is 3.53. The highest BCUT2D eigenvalue weighted by Crippen LogP contribution is 2.75. The van der Waals surface area contributed by atoms with Crippen molar-refractivity contribution >= 4 is 5.91 Å². The van der Waals surface area contributed by atoms with E-state index in [0.29, 0.717) is 32.0 Å². The molecule has 0 aromatic heterocycles. The summed E-state index contributed by atoms with van der Waals surface area (Å²) < 4.78 is 43.4. The molecule has 1 N–H and O–H groups in total. The lowest BCUT2D eigenvalue weighted by Crippen LogP contribution is -2.52. The Bertz CT molecular complexity index is 626. The predicted octanol–water partition coefficient (Wildman–Crippen LogP) is 2.93. The van der Waals surface area contributed by atoms with E-state index in [-0.39, 0.29) is 11.3 Å². The lowest BCUT2D eigenvalue weighted by Gasteiger charge is -2.30. The maximum atomic E-state index is 12.6. The number of carbonyl (C=O) groups is 1. The maximum Gasteiger partial charge on any atom is 0.416 e. The standard InChI is InChI=1S/C17H18F3NO2/c18-17(19,20)12-3-1-11(2-4-12)7-15(5-6-23-10-15)21-14(22)16-8-13(16)9-16/h1-4,13H,5-10H2,(H,21,22). The Morgan fingerprint density at radius 1 is 1.26 bits per heavy atom. The van der Waals surface area contributed by atoms with Crippen molar-refractivity contribution in [1.82, 2.24) is 5.32 Å². The molecular weight excluding hydrogens is 307 g/mol. The van der Waals surface area contributed by atoms with E-state index in [1.807, 2.05) is 0 Å². The molecule has 1 amide bonds. The lowest BCUT2D eigenvalue weighted by molar-refractivity contribution is -0.137. The average Bonchev–Trinajstić information content (AvgIpc) is 3.29. The third kappa shape index (κ3) is 2.63. The first-order valence-electron chi connectivity index (χ1n) is 7.90. The van der Waals surface area contributed by atoms with Crippen molar-refractivity contribution in [3.05, 3.63) is 35.4 Å². The van der Waals surface area contributed by atoms with Crippen LogP contribution in [0.1, 0.15) is 30.4 Å². The number of benzene rings is 1. The number of hydrogen-bond donors (Lipinski definition) is 1. The fraction of sp³-hybridized carbons (Fsp3) is 0.588. The number of nitrogens with one attached hydrogen (secondary N) is 1. The molecule has 1 heterocycles. The quantitative estimate of drug-likeness (QED) is 0.924. The molecule has 1 aromatic carbocycles. The number of amides is 1. The van der Waals surface area contributed by atoms with Gasteiger partial charge in [-0.25, -0.2) is 0 Å². The molecule has 2 saturated carbocycles. The largest absolute Gasteiger partial charge is 0.416 e. The summed E-state index contributed by atoms with van der Waals surface area (Å²) in [5.74, 6) is 0.660. The normalized spacial score (nSPS) is 34.8. The van der Waals surface area contributed by atoms with Crippen LogP contribution in [0.4, 0.5) is 13.2 Å². The summed E-state index contributed by atoms with van der Waals surface area (Å²) in [4.78, 5) is 12.4. The summed E-state index contributed by atoms with van der Waals surface area (Å²) in [7, 11) is 0. The zero-order valence-corrected chi connectivity index (χ0v) is 12.6. The third-order valence-electron chi connectivity index (χ3n) is 5.44. The molecule has 3 fully saturated rings. The minimum Gasteiger partial charge on any atom is -0.379 e. The smallest absolute Gasteiger partial charge is 0.379 e. The van der Waals surface area contributed by atoms with Gasteiger partial charge in [0.25, 0.3) is 0 Å². The molecule has 4 rings (SSSR count). The van der Waals surface area contributed by atoms with Crippen molar-refractivity contribution in [2.45, 2.75) is 37.4 Å². The Balaban J connectivity index is 1.48. The van der Waals surface area contributed by atoms with Crippen molar-refractivity contribution in [1.29, 1.82) is 0 Å². The van der Waals surface area contributed by atoms with E-state index in [9.17, 15) is 18.0 Å². The molecule has 124 valence electrons. The van der Waals surface area contributed by atoms with E-state index in [4.69, 9.17) is 4.74 Å². The van der Waals surface area contributed by atoms with E-state index in [1.54, 1.807) is 0 Å². The Kier molecular flexibility index (Phi) is 3.08. The van der Waals surface area contributed by atoms with E-state index >= 15 is 0 Å². The minimum absolute atomic E-state index is 0.0971. The summed E-state index contributed by atoms with van der Waals surface area (Å²) in [5, 5.41) is 3.14. The van der Waals surface area contributed by atoms with Crippen molar-refractivity contribution < 1.29 is 22.7 Å². The summed E-state index contributed by atoms with van der Waals surface area (Å²) >= 11 is 0. The number of ether oxygens (including phenoxy) is 1. The van der Waals surface area contributed by atoms with Crippen molar-refractivity contribution in [2.24, 2.45) is 11.3 Å². The van der Waals surface area contributed by atoms with E-state index in [0.717, 1.165) is 30.5 Å². The van der Waals surface area contributed by atoms with Gasteiger partial charge >= 0.3 is 6.18 Å². The van der Waals surface area contributed by atoms with Crippen LogP contribution in [0, 0.1) is 11.3 Å². The summed E-state index contributed by atoms with van der Waals surface area (Å²) in [6, 6.07) is 5.17. The second-order valence-corrected chi connectivity index (χ2v) is 7.17. The Hall–Kier alpha value is -1.56. The molecule has 1 saturated heterocycles. The molecule has 1 atom stereocenters. The SMILES string of the molecule is O=C(NC1(Cc2ccc(C(F)(F)F)cc2)CCOC1)C12CC1C2. The highest BCUT2D eigenvalue weighted by molar-refractivity contribution is 5.90. The van der Waals surface area contributed by atoms with E-state index < -0.39 is 17.3 Å².